The minimum absolute atomic E-state index is 0.298. The zero-order valence-electron chi connectivity index (χ0n) is 9.15. The Balaban J connectivity index is 2.25. The maximum absolute atomic E-state index is 5.88. The molecule has 3 heteroatoms. The minimum atomic E-state index is 0.298. The van der Waals surface area contributed by atoms with Gasteiger partial charge in [0, 0.05) is 13.1 Å². The van der Waals surface area contributed by atoms with Crippen LogP contribution in [0.15, 0.2) is 24.3 Å². The molecule has 1 aliphatic rings. The number of fused-ring (bicyclic) bond motifs is 1. The van der Waals surface area contributed by atoms with E-state index < -0.39 is 0 Å². The Morgan fingerprint density at radius 1 is 1.47 bits per heavy atom. The van der Waals surface area contributed by atoms with Gasteiger partial charge < -0.3 is 15.4 Å². The lowest BCUT2D eigenvalue weighted by Gasteiger charge is -2.35. The summed E-state index contributed by atoms with van der Waals surface area (Å²) in [5.74, 6) is 0.990. The summed E-state index contributed by atoms with van der Waals surface area (Å²) in [7, 11) is 0. The smallest absolute Gasteiger partial charge is 0.143 e. The first kappa shape index (κ1) is 10.3. The van der Waals surface area contributed by atoms with E-state index in [1.807, 2.05) is 18.2 Å². The van der Waals surface area contributed by atoms with Crippen molar-refractivity contribution in [3.63, 3.8) is 0 Å². The highest BCUT2D eigenvalue weighted by molar-refractivity contribution is 5.60. The van der Waals surface area contributed by atoms with E-state index in [9.17, 15) is 0 Å². The molecule has 0 bridgehead atoms. The molecule has 0 saturated heterocycles. The van der Waals surface area contributed by atoms with Crippen molar-refractivity contribution in [1.29, 1.82) is 0 Å². The molecule has 15 heavy (non-hydrogen) atoms. The second-order valence-corrected chi connectivity index (χ2v) is 3.85. The van der Waals surface area contributed by atoms with Crippen LogP contribution in [0, 0.1) is 0 Å². The zero-order chi connectivity index (χ0) is 10.7. The molecule has 0 spiro atoms. The van der Waals surface area contributed by atoms with Gasteiger partial charge in [0.25, 0.3) is 0 Å². The molecule has 2 N–H and O–H groups in total. The predicted octanol–water partition coefficient (Wildman–Crippen LogP) is 1.62. The van der Waals surface area contributed by atoms with E-state index in [4.69, 9.17) is 10.5 Å². The fourth-order valence-corrected chi connectivity index (χ4v) is 1.96. The Hall–Kier alpha value is -1.22. The fraction of sp³-hybridized carbons (Fsp3) is 0.500. The molecule has 2 rings (SSSR count). The van der Waals surface area contributed by atoms with Crippen molar-refractivity contribution in [3.05, 3.63) is 24.3 Å². The molecule has 82 valence electrons. The molecule has 1 aromatic rings. The third-order valence-electron chi connectivity index (χ3n) is 2.78. The van der Waals surface area contributed by atoms with Gasteiger partial charge in [0.1, 0.15) is 11.9 Å². The maximum Gasteiger partial charge on any atom is 0.143 e. The van der Waals surface area contributed by atoms with Gasteiger partial charge in [-0.25, -0.2) is 0 Å². The SMILES string of the molecule is CCC1CN(CCN)c2ccccc2O1. The van der Waals surface area contributed by atoms with Crippen molar-refractivity contribution in [1.82, 2.24) is 0 Å². The summed E-state index contributed by atoms with van der Waals surface area (Å²) < 4.78 is 5.88. The molecule has 3 nitrogen and oxygen atoms in total. The summed E-state index contributed by atoms with van der Waals surface area (Å²) in [6.07, 6.45) is 1.33. The monoisotopic (exact) mass is 206 g/mol. The van der Waals surface area contributed by atoms with Crippen molar-refractivity contribution in [2.45, 2.75) is 19.4 Å². The van der Waals surface area contributed by atoms with Crippen LogP contribution in [-0.4, -0.2) is 25.7 Å². The highest BCUT2D eigenvalue weighted by Crippen LogP contribution is 2.33. The lowest BCUT2D eigenvalue weighted by Crippen LogP contribution is -2.42. The summed E-state index contributed by atoms with van der Waals surface area (Å²) in [5, 5.41) is 0. The molecule has 1 heterocycles. The first-order valence-electron chi connectivity index (χ1n) is 5.56. The second-order valence-electron chi connectivity index (χ2n) is 3.85. The van der Waals surface area contributed by atoms with Crippen LogP contribution in [0.4, 0.5) is 5.69 Å². The van der Waals surface area contributed by atoms with Gasteiger partial charge in [0.2, 0.25) is 0 Å². The molecule has 0 saturated carbocycles. The Bertz CT molecular complexity index is 327. The van der Waals surface area contributed by atoms with Gasteiger partial charge in [-0.2, -0.15) is 0 Å². The van der Waals surface area contributed by atoms with Crippen LogP contribution in [0.1, 0.15) is 13.3 Å². The summed E-state index contributed by atoms with van der Waals surface area (Å²) >= 11 is 0. The zero-order valence-corrected chi connectivity index (χ0v) is 9.15. The molecule has 0 fully saturated rings. The van der Waals surface area contributed by atoms with Crippen LogP contribution < -0.4 is 15.4 Å². The van der Waals surface area contributed by atoms with Gasteiger partial charge in [-0.05, 0) is 18.6 Å². The maximum atomic E-state index is 5.88. The Morgan fingerprint density at radius 2 is 2.27 bits per heavy atom. The summed E-state index contributed by atoms with van der Waals surface area (Å²) in [6, 6.07) is 8.17. The number of rotatable bonds is 3. The Labute approximate surface area is 90.8 Å². The fourth-order valence-electron chi connectivity index (χ4n) is 1.96. The van der Waals surface area contributed by atoms with Gasteiger partial charge in [0.05, 0.1) is 12.2 Å². The molecule has 0 aliphatic carbocycles. The quantitative estimate of drug-likeness (QED) is 0.816. The van der Waals surface area contributed by atoms with E-state index in [0.717, 1.165) is 25.3 Å². The molecule has 1 atom stereocenters. The van der Waals surface area contributed by atoms with E-state index in [1.165, 1.54) is 5.69 Å². The molecule has 1 aliphatic heterocycles. The molecule has 0 aromatic heterocycles. The van der Waals surface area contributed by atoms with Crippen LogP contribution in [0.5, 0.6) is 5.75 Å². The van der Waals surface area contributed by atoms with Gasteiger partial charge in [-0.3, -0.25) is 0 Å². The van der Waals surface area contributed by atoms with Gasteiger partial charge >= 0.3 is 0 Å². The molecule has 1 aromatic carbocycles. The summed E-state index contributed by atoms with van der Waals surface area (Å²) in [4.78, 5) is 2.31. The number of benzene rings is 1. The third-order valence-corrected chi connectivity index (χ3v) is 2.78. The van der Waals surface area contributed by atoms with Gasteiger partial charge in [-0.15, -0.1) is 0 Å². The number of para-hydroxylation sites is 2. The molecular formula is C12H18N2O. The average Bonchev–Trinajstić information content (AvgIpc) is 2.29. The van der Waals surface area contributed by atoms with Crippen LogP contribution in [-0.2, 0) is 0 Å². The number of nitrogens with two attached hydrogens (primary N) is 1. The largest absolute Gasteiger partial charge is 0.486 e. The van der Waals surface area contributed by atoms with Crippen LogP contribution in [0.3, 0.4) is 0 Å². The van der Waals surface area contributed by atoms with Crippen molar-refractivity contribution in [3.8, 4) is 5.75 Å². The Kier molecular flexibility index (Phi) is 3.11. The molecule has 1 unspecified atom stereocenters. The van der Waals surface area contributed by atoms with Crippen molar-refractivity contribution in [2.75, 3.05) is 24.5 Å². The van der Waals surface area contributed by atoms with E-state index in [-0.39, 0.29) is 0 Å². The number of hydrogen-bond acceptors (Lipinski definition) is 3. The third kappa shape index (κ3) is 2.07. The number of ether oxygens (including phenoxy) is 1. The molecular weight excluding hydrogens is 188 g/mol. The first-order chi connectivity index (χ1) is 7.35. The molecule has 0 radical (unpaired) electrons. The number of nitrogens with zero attached hydrogens (tertiary/aromatic N) is 1. The first-order valence-corrected chi connectivity index (χ1v) is 5.56. The van der Waals surface area contributed by atoms with E-state index >= 15 is 0 Å². The second kappa shape index (κ2) is 4.53. The standard InChI is InChI=1S/C12H18N2O/c1-2-10-9-14(8-7-13)11-5-3-4-6-12(11)15-10/h3-6,10H,2,7-9,13H2,1H3. The predicted molar refractivity (Wildman–Crippen MR) is 62.4 cm³/mol. The van der Waals surface area contributed by atoms with E-state index in [1.54, 1.807) is 0 Å². The number of hydrogen-bond donors (Lipinski definition) is 1. The van der Waals surface area contributed by atoms with E-state index in [2.05, 4.69) is 17.9 Å². The normalized spacial score (nSPS) is 19.6. The lowest BCUT2D eigenvalue weighted by atomic mass is 10.1. The molecule has 0 amide bonds. The number of anilines is 1. The van der Waals surface area contributed by atoms with Crippen LogP contribution in [0.25, 0.3) is 0 Å². The summed E-state index contributed by atoms with van der Waals surface area (Å²) in [5.41, 5.74) is 6.79. The highest BCUT2D eigenvalue weighted by Gasteiger charge is 2.23. The van der Waals surface area contributed by atoms with Crippen molar-refractivity contribution in [2.24, 2.45) is 5.73 Å². The van der Waals surface area contributed by atoms with Gasteiger partial charge in [0.15, 0.2) is 0 Å². The van der Waals surface area contributed by atoms with Crippen LogP contribution >= 0.6 is 0 Å². The topological polar surface area (TPSA) is 38.5 Å². The van der Waals surface area contributed by atoms with Crippen molar-refractivity contribution >= 4 is 5.69 Å². The van der Waals surface area contributed by atoms with E-state index in [0.29, 0.717) is 12.6 Å². The summed E-state index contributed by atoms with van der Waals surface area (Å²) in [6.45, 7) is 4.69. The van der Waals surface area contributed by atoms with Crippen molar-refractivity contribution < 1.29 is 4.74 Å². The van der Waals surface area contributed by atoms with Gasteiger partial charge in [-0.1, -0.05) is 19.1 Å². The highest BCUT2D eigenvalue weighted by atomic mass is 16.5. The Morgan fingerprint density at radius 3 is 3.00 bits per heavy atom. The average molecular weight is 206 g/mol. The van der Waals surface area contributed by atoms with Crippen LogP contribution in [0.2, 0.25) is 0 Å². The lowest BCUT2D eigenvalue weighted by molar-refractivity contribution is 0.189. The minimum Gasteiger partial charge on any atom is -0.486 e.